The van der Waals surface area contributed by atoms with Crippen LogP contribution in [0.1, 0.15) is 16.1 Å². The third-order valence-electron chi connectivity index (χ3n) is 5.22. The molecule has 2 aromatic carbocycles. The Bertz CT molecular complexity index is 1150. The monoisotopic (exact) mass is 465 g/mol. The van der Waals surface area contributed by atoms with Crippen LogP contribution >= 0.6 is 11.6 Å². The van der Waals surface area contributed by atoms with Gasteiger partial charge in [-0.1, -0.05) is 23.7 Å². The molecule has 0 bridgehead atoms. The number of carbonyl (C=O) groups is 2. The summed E-state index contributed by atoms with van der Waals surface area (Å²) in [6, 6.07) is 11.6. The van der Waals surface area contributed by atoms with E-state index in [1.807, 2.05) is 0 Å². The minimum absolute atomic E-state index is 0.0721. The Labute approximate surface area is 186 Å². The van der Waals surface area contributed by atoms with Gasteiger partial charge in [-0.3, -0.25) is 14.5 Å². The third-order valence-corrected chi connectivity index (χ3v) is 5.46. The second kappa shape index (κ2) is 8.84. The minimum Gasteiger partial charge on any atom is -0.451 e. The van der Waals surface area contributed by atoms with Gasteiger partial charge in [0.2, 0.25) is 5.91 Å². The SMILES string of the molecule is O=C(CN1CCN(C(=O)c2cc3cc(Cl)ccc3o2)CC1)Nc1ccccc1C(F)(F)F. The van der Waals surface area contributed by atoms with Gasteiger partial charge in [0.1, 0.15) is 5.58 Å². The summed E-state index contributed by atoms with van der Waals surface area (Å²) in [5.41, 5.74) is -0.605. The molecule has 0 spiro atoms. The van der Waals surface area contributed by atoms with E-state index in [1.54, 1.807) is 34.1 Å². The Morgan fingerprint density at radius 3 is 2.47 bits per heavy atom. The number of furan rings is 1. The van der Waals surface area contributed by atoms with E-state index in [0.29, 0.717) is 36.8 Å². The molecule has 1 N–H and O–H groups in total. The van der Waals surface area contributed by atoms with E-state index in [2.05, 4.69) is 5.32 Å². The van der Waals surface area contributed by atoms with Crippen molar-refractivity contribution in [2.24, 2.45) is 0 Å². The van der Waals surface area contributed by atoms with Crippen LogP contribution < -0.4 is 5.32 Å². The molecule has 0 unspecified atom stereocenters. The molecule has 3 aromatic rings. The number of fused-ring (bicyclic) bond motifs is 1. The Hall–Kier alpha value is -3.04. The fourth-order valence-electron chi connectivity index (χ4n) is 3.62. The maximum Gasteiger partial charge on any atom is 0.418 e. The van der Waals surface area contributed by atoms with Gasteiger partial charge in [0.15, 0.2) is 5.76 Å². The Balaban J connectivity index is 1.33. The molecule has 1 saturated heterocycles. The van der Waals surface area contributed by atoms with E-state index >= 15 is 0 Å². The number of alkyl halides is 3. The second-order valence-electron chi connectivity index (χ2n) is 7.45. The van der Waals surface area contributed by atoms with Gasteiger partial charge in [-0.25, -0.2) is 0 Å². The smallest absolute Gasteiger partial charge is 0.418 e. The highest BCUT2D eigenvalue weighted by molar-refractivity contribution is 6.31. The van der Waals surface area contributed by atoms with Gasteiger partial charge in [-0.15, -0.1) is 0 Å². The summed E-state index contributed by atoms with van der Waals surface area (Å²) in [5.74, 6) is -0.603. The molecule has 1 aliphatic heterocycles. The predicted octanol–water partition coefficient (Wildman–Crippen LogP) is 4.50. The number of amides is 2. The lowest BCUT2D eigenvalue weighted by molar-refractivity contribution is -0.137. The van der Waals surface area contributed by atoms with Gasteiger partial charge in [0, 0.05) is 36.6 Å². The lowest BCUT2D eigenvalue weighted by atomic mass is 10.1. The molecule has 0 radical (unpaired) electrons. The van der Waals surface area contributed by atoms with Crippen LogP contribution in [0.5, 0.6) is 0 Å². The van der Waals surface area contributed by atoms with Crippen molar-refractivity contribution in [1.82, 2.24) is 9.80 Å². The quantitative estimate of drug-likeness (QED) is 0.616. The molecule has 2 amide bonds. The average Bonchev–Trinajstić information content (AvgIpc) is 3.16. The molecule has 32 heavy (non-hydrogen) atoms. The number of carbonyl (C=O) groups excluding carboxylic acids is 2. The Kier molecular flexibility index (Phi) is 6.12. The summed E-state index contributed by atoms with van der Waals surface area (Å²) in [6.45, 7) is 1.47. The highest BCUT2D eigenvalue weighted by Gasteiger charge is 2.33. The number of piperazine rings is 1. The molecule has 0 aliphatic carbocycles. The average molecular weight is 466 g/mol. The number of hydrogen-bond donors (Lipinski definition) is 1. The number of rotatable bonds is 4. The van der Waals surface area contributed by atoms with E-state index in [-0.39, 0.29) is 23.9 Å². The van der Waals surface area contributed by atoms with Gasteiger partial charge in [-0.2, -0.15) is 13.2 Å². The first-order valence-corrected chi connectivity index (χ1v) is 10.3. The summed E-state index contributed by atoms with van der Waals surface area (Å²) < 4.78 is 44.9. The first-order chi connectivity index (χ1) is 15.2. The first-order valence-electron chi connectivity index (χ1n) is 9.87. The maximum atomic E-state index is 13.1. The number of nitrogens with one attached hydrogen (secondary N) is 1. The van der Waals surface area contributed by atoms with Crippen molar-refractivity contribution in [2.75, 3.05) is 38.0 Å². The summed E-state index contributed by atoms with van der Waals surface area (Å²) in [4.78, 5) is 28.5. The summed E-state index contributed by atoms with van der Waals surface area (Å²) in [7, 11) is 0. The standard InChI is InChI=1S/C22H19ClF3N3O3/c23-15-5-6-18-14(11-15)12-19(32-18)21(31)29-9-7-28(8-10-29)13-20(30)27-17-4-2-1-3-16(17)22(24,25)26/h1-6,11-12H,7-10,13H2,(H,27,30). The van der Waals surface area contributed by atoms with Crippen LogP contribution in [0.2, 0.25) is 5.02 Å². The predicted molar refractivity (Wildman–Crippen MR) is 114 cm³/mol. The van der Waals surface area contributed by atoms with Gasteiger partial charge >= 0.3 is 6.18 Å². The zero-order valence-corrected chi connectivity index (χ0v) is 17.5. The molecule has 0 atom stereocenters. The fourth-order valence-corrected chi connectivity index (χ4v) is 3.80. The highest BCUT2D eigenvalue weighted by atomic mass is 35.5. The van der Waals surface area contributed by atoms with Gasteiger partial charge < -0.3 is 14.6 Å². The Morgan fingerprint density at radius 2 is 1.75 bits per heavy atom. The highest BCUT2D eigenvalue weighted by Crippen LogP contribution is 2.34. The number of anilines is 1. The normalized spacial score (nSPS) is 15.2. The van der Waals surface area contributed by atoms with Crippen LogP contribution in [-0.4, -0.2) is 54.3 Å². The van der Waals surface area contributed by atoms with E-state index in [1.165, 1.54) is 18.2 Å². The first kappa shape index (κ1) is 22.2. The van der Waals surface area contributed by atoms with E-state index in [0.717, 1.165) is 11.5 Å². The van der Waals surface area contributed by atoms with E-state index in [4.69, 9.17) is 16.0 Å². The van der Waals surface area contributed by atoms with Crippen LogP contribution in [0, 0.1) is 0 Å². The molecule has 168 valence electrons. The lowest BCUT2D eigenvalue weighted by Crippen LogP contribution is -2.50. The number of nitrogens with zero attached hydrogens (tertiary/aromatic N) is 2. The fraction of sp³-hybridized carbons (Fsp3) is 0.273. The molecule has 1 aromatic heterocycles. The summed E-state index contributed by atoms with van der Waals surface area (Å²) in [6.07, 6.45) is -4.56. The second-order valence-corrected chi connectivity index (χ2v) is 7.89. The number of hydrogen-bond acceptors (Lipinski definition) is 4. The molecule has 1 fully saturated rings. The van der Waals surface area contributed by atoms with Crippen LogP contribution in [0.4, 0.5) is 18.9 Å². The molecule has 2 heterocycles. The number of benzene rings is 2. The number of para-hydroxylation sites is 1. The minimum atomic E-state index is -4.56. The summed E-state index contributed by atoms with van der Waals surface area (Å²) in [5, 5.41) is 3.61. The van der Waals surface area contributed by atoms with E-state index < -0.39 is 17.6 Å². The van der Waals surface area contributed by atoms with Crippen LogP contribution in [0.3, 0.4) is 0 Å². The molecule has 0 saturated carbocycles. The van der Waals surface area contributed by atoms with Crippen molar-refractivity contribution in [2.45, 2.75) is 6.18 Å². The maximum absolute atomic E-state index is 13.1. The van der Waals surface area contributed by atoms with E-state index in [9.17, 15) is 22.8 Å². The van der Waals surface area contributed by atoms with Crippen molar-refractivity contribution in [3.8, 4) is 0 Å². The van der Waals surface area contributed by atoms with Gasteiger partial charge in [-0.05, 0) is 36.4 Å². The van der Waals surface area contributed by atoms with Crippen molar-refractivity contribution < 1.29 is 27.2 Å². The zero-order chi connectivity index (χ0) is 22.9. The molecule has 4 rings (SSSR count). The molecule has 10 heteroatoms. The van der Waals surface area contributed by atoms with Crippen LogP contribution in [0.15, 0.2) is 52.9 Å². The van der Waals surface area contributed by atoms with Crippen molar-refractivity contribution in [1.29, 1.82) is 0 Å². The topological polar surface area (TPSA) is 65.8 Å². The molecular weight excluding hydrogens is 447 g/mol. The van der Waals surface area contributed by atoms with Gasteiger partial charge in [0.25, 0.3) is 5.91 Å². The lowest BCUT2D eigenvalue weighted by Gasteiger charge is -2.33. The zero-order valence-electron chi connectivity index (χ0n) is 16.8. The van der Waals surface area contributed by atoms with Crippen molar-refractivity contribution in [3.63, 3.8) is 0 Å². The van der Waals surface area contributed by atoms with Crippen LogP contribution in [0.25, 0.3) is 11.0 Å². The molecule has 6 nitrogen and oxygen atoms in total. The van der Waals surface area contributed by atoms with Crippen LogP contribution in [-0.2, 0) is 11.0 Å². The van der Waals surface area contributed by atoms with Crippen molar-refractivity contribution >= 4 is 40.1 Å². The Morgan fingerprint density at radius 1 is 1.03 bits per heavy atom. The number of halogens is 4. The molecule has 1 aliphatic rings. The van der Waals surface area contributed by atoms with Crippen molar-refractivity contribution in [3.05, 3.63) is 64.9 Å². The molecular formula is C22H19ClF3N3O3. The largest absolute Gasteiger partial charge is 0.451 e. The summed E-state index contributed by atoms with van der Waals surface area (Å²) >= 11 is 5.96. The van der Waals surface area contributed by atoms with Gasteiger partial charge in [0.05, 0.1) is 17.8 Å². The third kappa shape index (κ3) is 4.89.